The minimum absolute atomic E-state index is 0.0679. The van der Waals surface area contributed by atoms with Gasteiger partial charge in [-0.3, -0.25) is 9.59 Å². The number of halogens is 2. The summed E-state index contributed by atoms with van der Waals surface area (Å²) in [5, 5.41) is 1.07. The number of carbonyl (C=O) groups is 2. The Balaban J connectivity index is 1.22. The fourth-order valence-corrected chi connectivity index (χ4v) is 8.23. The van der Waals surface area contributed by atoms with Crippen LogP contribution in [0.1, 0.15) is 47.3 Å². The van der Waals surface area contributed by atoms with E-state index < -0.39 is 5.41 Å². The van der Waals surface area contributed by atoms with Crippen molar-refractivity contribution in [3.05, 3.63) is 99.3 Å². The van der Waals surface area contributed by atoms with Crippen molar-refractivity contribution in [1.29, 1.82) is 0 Å². The van der Waals surface area contributed by atoms with Crippen molar-refractivity contribution in [1.82, 2.24) is 9.80 Å². The quantitative estimate of drug-likeness (QED) is 0.175. The Labute approximate surface area is 278 Å². The minimum atomic E-state index is -0.779. The lowest BCUT2D eigenvalue weighted by molar-refractivity contribution is -0.125. The summed E-state index contributed by atoms with van der Waals surface area (Å²) in [6.07, 6.45) is 4.55. The van der Waals surface area contributed by atoms with E-state index in [4.69, 9.17) is 33.7 Å². The van der Waals surface area contributed by atoms with Gasteiger partial charge in [-0.2, -0.15) is 0 Å². The molecule has 0 bridgehead atoms. The summed E-state index contributed by atoms with van der Waals surface area (Å²) >= 11 is 14.3. The number of hydrogen-bond acceptors (Lipinski definition) is 5. The molecule has 2 fully saturated rings. The number of ether oxygens (including phenoxy) is 1. The van der Waals surface area contributed by atoms with Crippen LogP contribution in [0, 0.1) is 0 Å². The summed E-state index contributed by atoms with van der Waals surface area (Å²) in [5.41, 5.74) is 8.77. The van der Waals surface area contributed by atoms with Gasteiger partial charge < -0.3 is 20.3 Å². The highest BCUT2D eigenvalue weighted by atomic mass is 35.5. The second-order valence-electron chi connectivity index (χ2n) is 11.9. The number of thiophene rings is 1. The molecule has 2 aliphatic rings. The van der Waals surface area contributed by atoms with Gasteiger partial charge in [0.15, 0.2) is 0 Å². The summed E-state index contributed by atoms with van der Waals surface area (Å²) < 4.78 is 6.04. The normalized spacial score (nSPS) is 16.5. The molecule has 0 radical (unpaired) electrons. The molecule has 3 heterocycles. The molecule has 4 aromatic rings. The van der Waals surface area contributed by atoms with Crippen molar-refractivity contribution < 1.29 is 14.3 Å². The first-order valence-electron chi connectivity index (χ1n) is 15.5. The maximum absolute atomic E-state index is 13.9. The van der Waals surface area contributed by atoms with Gasteiger partial charge in [0, 0.05) is 40.7 Å². The lowest BCUT2D eigenvalue weighted by Gasteiger charge is -2.40. The van der Waals surface area contributed by atoms with Gasteiger partial charge >= 0.3 is 0 Å². The van der Waals surface area contributed by atoms with Crippen molar-refractivity contribution in [2.24, 2.45) is 5.73 Å². The van der Waals surface area contributed by atoms with Crippen LogP contribution in [0.15, 0.2) is 78.9 Å². The van der Waals surface area contributed by atoms with E-state index in [1.807, 2.05) is 77.7 Å². The highest BCUT2D eigenvalue weighted by Crippen LogP contribution is 2.44. The van der Waals surface area contributed by atoms with Crippen LogP contribution in [0.4, 0.5) is 0 Å². The van der Waals surface area contributed by atoms with Crippen LogP contribution in [-0.2, 0) is 10.2 Å². The van der Waals surface area contributed by atoms with Gasteiger partial charge in [0.2, 0.25) is 5.91 Å². The predicted molar refractivity (Wildman–Crippen MR) is 183 cm³/mol. The third kappa shape index (κ3) is 6.92. The van der Waals surface area contributed by atoms with E-state index in [-0.39, 0.29) is 11.8 Å². The Kier molecular flexibility index (Phi) is 9.81. The number of nitrogens with zero attached hydrogens (tertiary/aromatic N) is 2. The molecule has 2 amide bonds. The van der Waals surface area contributed by atoms with Crippen LogP contribution >= 0.6 is 34.5 Å². The number of benzene rings is 3. The molecule has 3 aromatic carbocycles. The number of piperidine rings is 1. The van der Waals surface area contributed by atoms with Crippen LogP contribution in [0.2, 0.25) is 10.0 Å². The van der Waals surface area contributed by atoms with Crippen molar-refractivity contribution in [3.63, 3.8) is 0 Å². The summed E-state index contributed by atoms with van der Waals surface area (Å²) in [6, 6.07) is 25.1. The smallest absolute Gasteiger partial charge is 0.263 e. The van der Waals surface area contributed by atoms with Crippen molar-refractivity contribution in [3.8, 4) is 27.3 Å². The van der Waals surface area contributed by atoms with Crippen LogP contribution in [-0.4, -0.2) is 60.9 Å². The Morgan fingerprint density at radius 2 is 1.58 bits per heavy atom. The summed E-state index contributed by atoms with van der Waals surface area (Å²) in [5.74, 6) is 0.405. The van der Waals surface area contributed by atoms with Gasteiger partial charge in [0.1, 0.15) is 5.75 Å². The first-order chi connectivity index (χ1) is 21.8. The number of amides is 2. The molecule has 2 saturated heterocycles. The zero-order valence-corrected chi connectivity index (χ0v) is 27.5. The molecule has 1 aromatic heterocycles. The monoisotopic (exact) mass is 661 g/mol. The average Bonchev–Trinajstić information content (AvgIpc) is 3.74. The second kappa shape index (κ2) is 14.0. The molecule has 6 rings (SSSR count). The zero-order chi connectivity index (χ0) is 31.4. The number of primary amides is 1. The number of nitrogens with two attached hydrogens (primary N) is 1. The molecular weight excluding hydrogens is 625 g/mol. The Morgan fingerprint density at radius 3 is 2.24 bits per heavy atom. The molecule has 2 aliphatic heterocycles. The van der Waals surface area contributed by atoms with Gasteiger partial charge in [0.25, 0.3) is 5.91 Å². The maximum atomic E-state index is 13.9. The SMILES string of the molecule is NC(=O)C1(c2ccccc2)CCN(C(=O)c2cc(-c3ccc(OCCCN4CCCC4)cc3)c(-c3ccc(Cl)cc3Cl)s2)CC1. The lowest BCUT2D eigenvalue weighted by atomic mass is 9.72. The Morgan fingerprint density at radius 1 is 0.867 bits per heavy atom. The molecule has 2 N–H and O–H groups in total. The second-order valence-corrected chi connectivity index (χ2v) is 13.8. The third-order valence-corrected chi connectivity index (χ3v) is 10.8. The van der Waals surface area contributed by atoms with E-state index in [1.165, 1.54) is 37.3 Å². The summed E-state index contributed by atoms with van der Waals surface area (Å²) in [6.45, 7) is 5.01. The molecule has 0 spiro atoms. The number of carbonyl (C=O) groups excluding carboxylic acids is 2. The Hall–Kier alpha value is -3.36. The van der Waals surface area contributed by atoms with Crippen molar-refractivity contribution in [2.75, 3.05) is 39.3 Å². The van der Waals surface area contributed by atoms with Crippen LogP contribution < -0.4 is 10.5 Å². The highest BCUT2D eigenvalue weighted by Gasteiger charge is 2.42. The lowest BCUT2D eigenvalue weighted by Crippen LogP contribution is -2.51. The van der Waals surface area contributed by atoms with Crippen LogP contribution in [0.5, 0.6) is 5.75 Å². The fraction of sp³-hybridized carbons (Fsp3) is 0.333. The molecule has 9 heteroatoms. The topological polar surface area (TPSA) is 75.9 Å². The van der Waals surface area contributed by atoms with E-state index >= 15 is 0 Å². The largest absolute Gasteiger partial charge is 0.494 e. The molecule has 0 atom stereocenters. The molecule has 6 nitrogen and oxygen atoms in total. The average molecular weight is 663 g/mol. The highest BCUT2D eigenvalue weighted by molar-refractivity contribution is 7.18. The van der Waals surface area contributed by atoms with Crippen LogP contribution in [0.3, 0.4) is 0 Å². The van der Waals surface area contributed by atoms with Crippen molar-refractivity contribution in [2.45, 2.75) is 37.5 Å². The van der Waals surface area contributed by atoms with E-state index in [0.717, 1.165) is 45.8 Å². The van der Waals surface area contributed by atoms with E-state index in [2.05, 4.69) is 4.90 Å². The third-order valence-electron chi connectivity index (χ3n) is 9.07. The minimum Gasteiger partial charge on any atom is -0.494 e. The number of hydrogen-bond donors (Lipinski definition) is 1. The van der Waals surface area contributed by atoms with Crippen LogP contribution in [0.25, 0.3) is 21.6 Å². The first-order valence-corrected chi connectivity index (χ1v) is 17.1. The first kappa shape index (κ1) is 31.6. The zero-order valence-electron chi connectivity index (χ0n) is 25.1. The summed E-state index contributed by atoms with van der Waals surface area (Å²) in [4.78, 5) is 32.4. The van der Waals surface area contributed by atoms with E-state index in [9.17, 15) is 9.59 Å². The van der Waals surface area contributed by atoms with E-state index in [0.29, 0.717) is 47.5 Å². The number of rotatable bonds is 10. The predicted octanol–water partition coefficient (Wildman–Crippen LogP) is 7.91. The Bertz CT molecular complexity index is 1640. The summed E-state index contributed by atoms with van der Waals surface area (Å²) in [7, 11) is 0. The standard InChI is InChI=1S/C36H37Cl2N3O3S/c37-27-11-14-29(31(38)23-27)33-30(25-9-12-28(13-10-25)44-22-6-19-40-17-4-5-18-40)24-32(45-33)34(42)41-20-15-36(16-21-41,35(39)43)26-7-2-1-3-8-26/h1-3,7-14,23-24H,4-6,15-22H2,(H2,39,43). The fourth-order valence-electron chi connectivity index (χ4n) is 6.48. The van der Waals surface area contributed by atoms with Crippen molar-refractivity contribution >= 4 is 46.4 Å². The molecule has 0 aliphatic carbocycles. The molecule has 45 heavy (non-hydrogen) atoms. The van der Waals surface area contributed by atoms with Gasteiger partial charge in [-0.15, -0.1) is 11.3 Å². The van der Waals surface area contributed by atoms with E-state index in [1.54, 1.807) is 6.07 Å². The maximum Gasteiger partial charge on any atom is 0.263 e. The van der Waals surface area contributed by atoms with Gasteiger partial charge in [-0.05, 0) is 86.7 Å². The molecule has 234 valence electrons. The molecule has 0 saturated carbocycles. The number of likely N-dealkylation sites (tertiary alicyclic amines) is 2. The molecule has 0 unspecified atom stereocenters. The van der Waals surface area contributed by atoms with Gasteiger partial charge in [-0.1, -0.05) is 71.7 Å². The molecular formula is C36H37Cl2N3O3S. The van der Waals surface area contributed by atoms with Gasteiger partial charge in [-0.25, -0.2) is 0 Å². The van der Waals surface area contributed by atoms with Gasteiger partial charge in [0.05, 0.1) is 21.9 Å².